The number of anilines is 4. The lowest BCUT2D eigenvalue weighted by atomic mass is 10.1. The van der Waals surface area contributed by atoms with Gasteiger partial charge in [0.25, 0.3) is 0 Å². The van der Waals surface area contributed by atoms with Gasteiger partial charge in [-0.3, -0.25) is 4.79 Å². The summed E-state index contributed by atoms with van der Waals surface area (Å²) < 4.78 is 0. The molecule has 0 fully saturated rings. The number of para-hydroxylation sites is 4. The van der Waals surface area contributed by atoms with Crippen molar-refractivity contribution in [1.82, 2.24) is 4.98 Å². The summed E-state index contributed by atoms with van der Waals surface area (Å²) in [5, 5.41) is 12.0. The number of benzene rings is 4. The van der Waals surface area contributed by atoms with E-state index in [0.29, 0.717) is 44.6 Å². The Hall–Kier alpha value is -5.11. The molecule has 4 aromatic carbocycles. The fourth-order valence-corrected chi connectivity index (χ4v) is 3.84. The van der Waals surface area contributed by atoms with Crippen LogP contribution in [0.25, 0.3) is 21.8 Å². The number of fused-ring (bicyclic) bond motifs is 2. The summed E-state index contributed by atoms with van der Waals surface area (Å²) in [5.41, 5.74) is 2.82. The van der Waals surface area contributed by atoms with Crippen LogP contribution in [0.15, 0.2) is 102 Å². The van der Waals surface area contributed by atoms with Crippen LogP contribution in [-0.4, -0.2) is 17.0 Å². The molecule has 1 aromatic heterocycles. The molecule has 172 valence electrons. The fraction of sp³-hybridized carbons (Fsp3) is 0. The molecule has 5 N–H and O–H groups in total. The topological polar surface area (TPSA) is 115 Å². The molecule has 1 heterocycles. The Morgan fingerprint density at radius 1 is 0.514 bits per heavy atom. The highest BCUT2D eigenvalue weighted by atomic mass is 16.2. The number of hydrogen-bond donors (Lipinski definition) is 5. The van der Waals surface area contributed by atoms with Gasteiger partial charge in [0.05, 0.1) is 22.4 Å². The van der Waals surface area contributed by atoms with E-state index in [1.165, 1.54) is 0 Å². The maximum absolute atomic E-state index is 13.3. The third kappa shape index (κ3) is 4.67. The van der Waals surface area contributed by atoms with Gasteiger partial charge in [0.15, 0.2) is 5.43 Å². The molecule has 5 rings (SSSR count). The first-order valence-corrected chi connectivity index (χ1v) is 10.9. The van der Waals surface area contributed by atoms with E-state index in [4.69, 9.17) is 0 Å². The Kier molecular flexibility index (Phi) is 5.83. The van der Waals surface area contributed by atoms with Crippen molar-refractivity contribution in [2.24, 2.45) is 0 Å². The molecule has 8 heteroatoms. The zero-order valence-electron chi connectivity index (χ0n) is 18.5. The molecule has 0 bridgehead atoms. The Balaban J connectivity index is 1.49. The second-order valence-electron chi connectivity index (χ2n) is 7.80. The summed E-state index contributed by atoms with van der Waals surface area (Å²) in [5.74, 6) is 0. The molecule has 0 spiro atoms. The molecule has 0 aliphatic carbocycles. The molecule has 5 aromatic rings. The first-order valence-electron chi connectivity index (χ1n) is 10.9. The first kappa shape index (κ1) is 21.7. The van der Waals surface area contributed by atoms with E-state index >= 15 is 0 Å². The average molecular weight is 463 g/mol. The molecular weight excluding hydrogens is 442 g/mol. The van der Waals surface area contributed by atoms with Crippen LogP contribution in [0.2, 0.25) is 0 Å². The summed E-state index contributed by atoms with van der Waals surface area (Å²) in [6, 6.07) is 27.4. The highest BCUT2D eigenvalue weighted by molar-refractivity contribution is 6.10. The summed E-state index contributed by atoms with van der Waals surface area (Å²) in [6.45, 7) is 0. The summed E-state index contributed by atoms with van der Waals surface area (Å²) >= 11 is 0. The van der Waals surface area contributed by atoms with Crippen molar-refractivity contribution in [3.8, 4) is 0 Å². The predicted molar refractivity (Wildman–Crippen MR) is 140 cm³/mol. The number of amides is 4. The van der Waals surface area contributed by atoms with Crippen LogP contribution in [0.3, 0.4) is 0 Å². The van der Waals surface area contributed by atoms with Crippen LogP contribution in [0, 0.1) is 0 Å². The molecule has 0 aliphatic rings. The van der Waals surface area contributed by atoms with Crippen LogP contribution in [-0.2, 0) is 0 Å². The number of hydrogen-bond acceptors (Lipinski definition) is 3. The van der Waals surface area contributed by atoms with Gasteiger partial charge in [0, 0.05) is 22.1 Å². The van der Waals surface area contributed by atoms with E-state index < -0.39 is 12.1 Å². The van der Waals surface area contributed by atoms with Crippen LogP contribution < -0.4 is 26.7 Å². The van der Waals surface area contributed by atoms with Crippen molar-refractivity contribution in [3.05, 3.63) is 107 Å². The number of aromatic amines is 1. The molecule has 0 saturated carbocycles. The number of pyridine rings is 1. The number of aromatic nitrogens is 1. The zero-order chi connectivity index (χ0) is 24.2. The average Bonchev–Trinajstić information content (AvgIpc) is 2.86. The summed E-state index contributed by atoms with van der Waals surface area (Å²) in [4.78, 5) is 41.7. The molecule has 0 saturated heterocycles. The lowest BCUT2D eigenvalue weighted by molar-refractivity contribution is 0.261. The smallest absolute Gasteiger partial charge is 0.323 e. The van der Waals surface area contributed by atoms with Gasteiger partial charge < -0.3 is 26.3 Å². The monoisotopic (exact) mass is 463 g/mol. The predicted octanol–water partition coefficient (Wildman–Crippen LogP) is 5.97. The largest absolute Gasteiger partial charge is 0.351 e. The molecule has 0 atom stereocenters. The second-order valence-corrected chi connectivity index (χ2v) is 7.80. The van der Waals surface area contributed by atoms with Gasteiger partial charge in [0.2, 0.25) is 0 Å². The molecule has 0 radical (unpaired) electrons. The van der Waals surface area contributed by atoms with E-state index in [-0.39, 0.29) is 5.43 Å². The van der Waals surface area contributed by atoms with Crippen molar-refractivity contribution >= 4 is 56.6 Å². The Morgan fingerprint density at radius 3 is 1.37 bits per heavy atom. The maximum atomic E-state index is 13.3. The van der Waals surface area contributed by atoms with E-state index in [2.05, 4.69) is 26.3 Å². The molecule has 0 unspecified atom stereocenters. The lowest BCUT2D eigenvalue weighted by Gasteiger charge is -2.13. The second kappa shape index (κ2) is 9.40. The standard InChI is InChI=1S/C27H21N5O3/c33-25-19-13-7-15-21(30-26(34)28-17-9-3-1-4-10-17)23(19)32-24-20(25)14-8-16-22(24)31-27(35)29-18-11-5-2-6-12-18/h1-16H,(H,32,33)(H2,28,30,34)(H2,29,31,35). The number of carbonyl (C=O) groups excluding carboxylic acids is 2. The van der Waals surface area contributed by atoms with Crippen molar-refractivity contribution in [3.63, 3.8) is 0 Å². The van der Waals surface area contributed by atoms with Gasteiger partial charge in [0.1, 0.15) is 0 Å². The van der Waals surface area contributed by atoms with Crippen molar-refractivity contribution in [2.45, 2.75) is 0 Å². The number of nitrogens with one attached hydrogen (secondary N) is 5. The fourth-order valence-electron chi connectivity index (χ4n) is 3.84. The highest BCUT2D eigenvalue weighted by Gasteiger charge is 2.14. The van der Waals surface area contributed by atoms with Gasteiger partial charge >= 0.3 is 12.1 Å². The van der Waals surface area contributed by atoms with E-state index in [9.17, 15) is 14.4 Å². The maximum Gasteiger partial charge on any atom is 0.323 e. The molecule has 8 nitrogen and oxygen atoms in total. The van der Waals surface area contributed by atoms with Crippen molar-refractivity contribution in [1.29, 1.82) is 0 Å². The van der Waals surface area contributed by atoms with Crippen LogP contribution in [0.1, 0.15) is 0 Å². The first-order chi connectivity index (χ1) is 17.1. The van der Waals surface area contributed by atoms with Crippen molar-refractivity contribution < 1.29 is 9.59 Å². The zero-order valence-corrected chi connectivity index (χ0v) is 18.5. The van der Waals surface area contributed by atoms with E-state index in [1.54, 1.807) is 60.7 Å². The minimum absolute atomic E-state index is 0.215. The van der Waals surface area contributed by atoms with Gasteiger partial charge in [-0.2, -0.15) is 0 Å². The van der Waals surface area contributed by atoms with Gasteiger partial charge in [-0.15, -0.1) is 0 Å². The summed E-state index contributed by atoms with van der Waals surface area (Å²) in [6.07, 6.45) is 0. The Labute approximate surface area is 200 Å². The summed E-state index contributed by atoms with van der Waals surface area (Å²) in [7, 11) is 0. The minimum atomic E-state index is -0.446. The van der Waals surface area contributed by atoms with Gasteiger partial charge in [-0.1, -0.05) is 48.5 Å². The van der Waals surface area contributed by atoms with Crippen LogP contribution in [0.4, 0.5) is 32.3 Å². The third-order valence-electron chi connectivity index (χ3n) is 5.43. The highest BCUT2D eigenvalue weighted by Crippen LogP contribution is 2.26. The normalized spacial score (nSPS) is 10.6. The van der Waals surface area contributed by atoms with Gasteiger partial charge in [-0.25, -0.2) is 9.59 Å². The molecule has 35 heavy (non-hydrogen) atoms. The van der Waals surface area contributed by atoms with Crippen molar-refractivity contribution in [2.75, 3.05) is 21.3 Å². The molecule has 0 aliphatic heterocycles. The molecular formula is C27H21N5O3. The van der Waals surface area contributed by atoms with Crippen LogP contribution in [0.5, 0.6) is 0 Å². The van der Waals surface area contributed by atoms with Gasteiger partial charge in [-0.05, 0) is 48.5 Å². The van der Waals surface area contributed by atoms with E-state index in [1.807, 2.05) is 36.4 Å². The Bertz CT molecular complexity index is 1480. The Morgan fingerprint density at radius 2 is 0.943 bits per heavy atom. The van der Waals surface area contributed by atoms with Crippen LogP contribution >= 0.6 is 0 Å². The quantitative estimate of drug-likeness (QED) is 0.212. The SMILES string of the molecule is O=C(Nc1ccccc1)Nc1cccc2c(=O)c3cccc(NC(=O)Nc4ccccc4)c3[nH]c12. The third-order valence-corrected chi connectivity index (χ3v) is 5.43. The number of urea groups is 2. The number of H-pyrrole nitrogens is 1. The minimum Gasteiger partial charge on any atom is -0.351 e. The van der Waals surface area contributed by atoms with E-state index in [0.717, 1.165) is 0 Å². The lowest BCUT2D eigenvalue weighted by Crippen LogP contribution is -2.21. The number of rotatable bonds is 4. The number of carbonyl (C=O) groups is 2. The molecule has 4 amide bonds.